The number of rotatable bonds is 9. The summed E-state index contributed by atoms with van der Waals surface area (Å²) >= 11 is 1.88. The van der Waals surface area contributed by atoms with Crippen LogP contribution in [0.3, 0.4) is 0 Å². The fourth-order valence-electron chi connectivity index (χ4n) is 1.57. The second-order valence-electron chi connectivity index (χ2n) is 3.81. The van der Waals surface area contributed by atoms with Crippen LogP contribution < -0.4 is 14.8 Å². The lowest BCUT2D eigenvalue weighted by molar-refractivity contribution is 0.313. The van der Waals surface area contributed by atoms with Gasteiger partial charge in [0.2, 0.25) is 0 Å². The van der Waals surface area contributed by atoms with E-state index in [0.29, 0.717) is 0 Å². The Balaban J connectivity index is 2.60. The van der Waals surface area contributed by atoms with Gasteiger partial charge in [0.15, 0.2) is 11.5 Å². The summed E-state index contributed by atoms with van der Waals surface area (Å²) in [6.45, 7) is 6.81. The Morgan fingerprint density at radius 2 is 2.06 bits per heavy atom. The maximum absolute atomic E-state index is 5.78. The number of benzene rings is 1. The van der Waals surface area contributed by atoms with Crippen molar-refractivity contribution >= 4 is 11.8 Å². The second-order valence-corrected chi connectivity index (χ2v) is 5.20. The highest BCUT2D eigenvalue weighted by molar-refractivity contribution is 7.99. The number of hydrogen-bond acceptors (Lipinski definition) is 4. The highest BCUT2D eigenvalue weighted by Crippen LogP contribution is 2.28. The molecule has 0 spiro atoms. The van der Waals surface area contributed by atoms with Crippen LogP contribution in [0.25, 0.3) is 0 Å². The molecule has 18 heavy (non-hydrogen) atoms. The van der Waals surface area contributed by atoms with Crippen LogP contribution in [-0.4, -0.2) is 31.8 Å². The van der Waals surface area contributed by atoms with Crippen LogP contribution in [0.2, 0.25) is 0 Å². The molecule has 0 saturated heterocycles. The van der Waals surface area contributed by atoms with Gasteiger partial charge in [0.05, 0.1) is 13.7 Å². The standard InChI is InChI=1S/C14H23NO2S/c1-4-15-11-12-6-7-13(16-3)14(10-12)17-8-9-18-5-2/h6-7,10,15H,4-5,8-9,11H2,1-3H3. The summed E-state index contributed by atoms with van der Waals surface area (Å²) < 4.78 is 11.1. The van der Waals surface area contributed by atoms with Gasteiger partial charge in [-0.15, -0.1) is 0 Å². The first-order valence-corrected chi connectivity index (χ1v) is 7.55. The molecule has 102 valence electrons. The van der Waals surface area contributed by atoms with E-state index >= 15 is 0 Å². The van der Waals surface area contributed by atoms with E-state index in [0.717, 1.165) is 42.7 Å². The van der Waals surface area contributed by atoms with Crippen molar-refractivity contribution in [2.75, 3.05) is 31.8 Å². The molecule has 0 aliphatic rings. The number of methoxy groups -OCH3 is 1. The molecule has 1 rings (SSSR count). The molecule has 0 heterocycles. The minimum atomic E-state index is 0.722. The van der Waals surface area contributed by atoms with Crippen LogP contribution in [0.5, 0.6) is 11.5 Å². The molecule has 0 fully saturated rings. The molecule has 1 N–H and O–H groups in total. The maximum Gasteiger partial charge on any atom is 0.161 e. The monoisotopic (exact) mass is 269 g/mol. The SMILES string of the molecule is CCNCc1ccc(OC)c(OCCSCC)c1. The Kier molecular flexibility index (Phi) is 7.69. The summed E-state index contributed by atoms with van der Waals surface area (Å²) in [5.74, 6) is 3.78. The zero-order valence-electron chi connectivity index (χ0n) is 11.5. The highest BCUT2D eigenvalue weighted by atomic mass is 32.2. The van der Waals surface area contributed by atoms with E-state index in [1.807, 2.05) is 17.8 Å². The third-order valence-electron chi connectivity index (χ3n) is 2.50. The van der Waals surface area contributed by atoms with Gasteiger partial charge in [-0.3, -0.25) is 0 Å². The molecular weight excluding hydrogens is 246 g/mol. The smallest absolute Gasteiger partial charge is 0.161 e. The van der Waals surface area contributed by atoms with Crippen molar-refractivity contribution in [3.8, 4) is 11.5 Å². The van der Waals surface area contributed by atoms with Gasteiger partial charge in [-0.25, -0.2) is 0 Å². The molecule has 0 aromatic heterocycles. The molecule has 0 amide bonds. The highest BCUT2D eigenvalue weighted by Gasteiger charge is 2.05. The minimum absolute atomic E-state index is 0.722. The van der Waals surface area contributed by atoms with Crippen molar-refractivity contribution in [1.29, 1.82) is 0 Å². The number of ether oxygens (including phenoxy) is 2. The third kappa shape index (κ3) is 5.19. The van der Waals surface area contributed by atoms with Crippen molar-refractivity contribution in [1.82, 2.24) is 5.32 Å². The van der Waals surface area contributed by atoms with Crippen LogP contribution in [0, 0.1) is 0 Å². The van der Waals surface area contributed by atoms with E-state index < -0.39 is 0 Å². The Morgan fingerprint density at radius 1 is 1.22 bits per heavy atom. The molecule has 0 aliphatic heterocycles. The lowest BCUT2D eigenvalue weighted by Gasteiger charge is -2.12. The van der Waals surface area contributed by atoms with Gasteiger partial charge in [0.25, 0.3) is 0 Å². The Morgan fingerprint density at radius 3 is 2.72 bits per heavy atom. The summed E-state index contributed by atoms with van der Waals surface area (Å²) in [6.07, 6.45) is 0. The van der Waals surface area contributed by atoms with E-state index in [1.165, 1.54) is 5.56 Å². The van der Waals surface area contributed by atoms with Crippen LogP contribution in [0.1, 0.15) is 19.4 Å². The van der Waals surface area contributed by atoms with Gasteiger partial charge in [0.1, 0.15) is 0 Å². The van der Waals surface area contributed by atoms with Crippen molar-refractivity contribution in [2.45, 2.75) is 20.4 Å². The lowest BCUT2D eigenvalue weighted by Crippen LogP contribution is -2.12. The second kappa shape index (κ2) is 9.11. The first-order chi connectivity index (χ1) is 8.81. The van der Waals surface area contributed by atoms with E-state index in [1.54, 1.807) is 7.11 Å². The van der Waals surface area contributed by atoms with Crippen molar-refractivity contribution in [3.63, 3.8) is 0 Å². The molecule has 1 aromatic carbocycles. The van der Waals surface area contributed by atoms with Crippen molar-refractivity contribution in [3.05, 3.63) is 23.8 Å². The van der Waals surface area contributed by atoms with E-state index in [4.69, 9.17) is 9.47 Å². The quantitative estimate of drug-likeness (QED) is 0.698. The molecule has 3 nitrogen and oxygen atoms in total. The predicted octanol–water partition coefficient (Wildman–Crippen LogP) is 2.94. The molecule has 4 heteroatoms. The Labute approximate surface area is 114 Å². The van der Waals surface area contributed by atoms with Gasteiger partial charge in [-0.2, -0.15) is 11.8 Å². The topological polar surface area (TPSA) is 30.5 Å². The average molecular weight is 269 g/mol. The Hall–Kier alpha value is -0.870. The van der Waals surface area contributed by atoms with Crippen LogP contribution >= 0.6 is 11.8 Å². The zero-order valence-corrected chi connectivity index (χ0v) is 12.3. The summed E-state index contributed by atoms with van der Waals surface area (Å²) in [4.78, 5) is 0. The molecule has 0 aliphatic carbocycles. The van der Waals surface area contributed by atoms with Gasteiger partial charge in [0, 0.05) is 12.3 Å². The van der Waals surface area contributed by atoms with Crippen LogP contribution in [0.4, 0.5) is 0 Å². The number of hydrogen-bond donors (Lipinski definition) is 1. The molecule has 0 unspecified atom stereocenters. The maximum atomic E-state index is 5.78. The van der Waals surface area contributed by atoms with E-state index in [9.17, 15) is 0 Å². The third-order valence-corrected chi connectivity index (χ3v) is 3.36. The molecule has 0 atom stereocenters. The molecule has 0 radical (unpaired) electrons. The molecule has 0 saturated carbocycles. The fourth-order valence-corrected chi connectivity index (χ4v) is 2.06. The van der Waals surface area contributed by atoms with E-state index in [-0.39, 0.29) is 0 Å². The molecular formula is C14H23NO2S. The summed E-state index contributed by atoms with van der Waals surface area (Å²) in [6, 6.07) is 6.09. The van der Waals surface area contributed by atoms with Crippen LogP contribution in [-0.2, 0) is 6.54 Å². The van der Waals surface area contributed by atoms with Gasteiger partial charge in [-0.1, -0.05) is 19.9 Å². The normalized spacial score (nSPS) is 10.4. The number of thioether (sulfide) groups is 1. The molecule has 0 bridgehead atoms. The predicted molar refractivity (Wildman–Crippen MR) is 78.9 cm³/mol. The minimum Gasteiger partial charge on any atom is -0.493 e. The van der Waals surface area contributed by atoms with Crippen LogP contribution in [0.15, 0.2) is 18.2 Å². The summed E-state index contributed by atoms with van der Waals surface area (Å²) in [7, 11) is 1.67. The Bertz CT molecular complexity index is 345. The van der Waals surface area contributed by atoms with Crippen molar-refractivity contribution in [2.24, 2.45) is 0 Å². The lowest BCUT2D eigenvalue weighted by atomic mass is 10.2. The van der Waals surface area contributed by atoms with Gasteiger partial charge < -0.3 is 14.8 Å². The van der Waals surface area contributed by atoms with Crippen molar-refractivity contribution < 1.29 is 9.47 Å². The summed E-state index contributed by atoms with van der Waals surface area (Å²) in [5, 5.41) is 3.31. The molecule has 1 aromatic rings. The first-order valence-electron chi connectivity index (χ1n) is 6.40. The fraction of sp³-hybridized carbons (Fsp3) is 0.571. The first kappa shape index (κ1) is 15.2. The largest absolute Gasteiger partial charge is 0.493 e. The van der Waals surface area contributed by atoms with E-state index in [2.05, 4.69) is 31.3 Å². The zero-order chi connectivity index (χ0) is 13.2. The van der Waals surface area contributed by atoms with Gasteiger partial charge in [-0.05, 0) is 30.0 Å². The average Bonchev–Trinajstić information content (AvgIpc) is 2.41. The summed E-state index contributed by atoms with van der Waals surface area (Å²) in [5.41, 5.74) is 1.22. The number of nitrogens with one attached hydrogen (secondary N) is 1. The van der Waals surface area contributed by atoms with Gasteiger partial charge >= 0.3 is 0 Å².